The first kappa shape index (κ1) is 28.2. The van der Waals surface area contributed by atoms with Crippen molar-refractivity contribution in [2.24, 2.45) is 0 Å². The lowest BCUT2D eigenvalue weighted by Gasteiger charge is -2.15. The molecular formula is C26H19Cl2FIN3O4. The summed E-state index contributed by atoms with van der Waals surface area (Å²) in [4.78, 5) is 24.9. The molecule has 11 heteroatoms. The predicted molar refractivity (Wildman–Crippen MR) is 150 cm³/mol. The van der Waals surface area contributed by atoms with Gasteiger partial charge >= 0.3 is 0 Å². The predicted octanol–water partition coefficient (Wildman–Crippen LogP) is 6.70. The summed E-state index contributed by atoms with van der Waals surface area (Å²) in [6.45, 7) is 1.78. The summed E-state index contributed by atoms with van der Waals surface area (Å²) < 4.78 is 25.1. The second-order valence-corrected chi connectivity index (χ2v) is 9.34. The Morgan fingerprint density at radius 3 is 2.38 bits per heavy atom. The Balaban J connectivity index is 1.76. The number of ether oxygens (including phenoxy) is 2. The van der Waals surface area contributed by atoms with E-state index in [1.807, 2.05) is 28.7 Å². The smallest absolute Gasteiger partial charge is 0.266 e. The van der Waals surface area contributed by atoms with Crippen molar-refractivity contribution in [3.63, 3.8) is 0 Å². The van der Waals surface area contributed by atoms with E-state index in [1.54, 1.807) is 31.2 Å². The number of benzene rings is 3. The molecule has 2 N–H and O–H groups in total. The highest BCUT2D eigenvalue weighted by molar-refractivity contribution is 14.1. The van der Waals surface area contributed by atoms with Gasteiger partial charge < -0.3 is 20.1 Å². The Morgan fingerprint density at radius 2 is 1.73 bits per heavy atom. The number of halogens is 4. The van der Waals surface area contributed by atoms with Crippen LogP contribution in [0.3, 0.4) is 0 Å². The lowest BCUT2D eigenvalue weighted by atomic mass is 10.1. The number of nitrogens with one attached hydrogen (secondary N) is 2. The third-order valence-corrected chi connectivity index (χ3v) is 6.20. The van der Waals surface area contributed by atoms with Crippen molar-refractivity contribution < 1.29 is 23.5 Å². The highest BCUT2D eigenvalue weighted by Crippen LogP contribution is 2.35. The molecule has 0 heterocycles. The monoisotopic (exact) mass is 653 g/mol. The maximum absolute atomic E-state index is 13.1. The normalized spacial score (nSPS) is 10.9. The average Bonchev–Trinajstić information content (AvgIpc) is 2.85. The number of carbonyl (C=O) groups excluding carboxylic acids is 2. The Bertz CT molecular complexity index is 1390. The first-order valence-corrected chi connectivity index (χ1v) is 12.6. The molecule has 0 saturated carbocycles. The molecule has 3 aromatic rings. The van der Waals surface area contributed by atoms with Crippen molar-refractivity contribution >= 4 is 75.1 Å². The number of rotatable bonds is 9. The molecule has 0 fully saturated rings. The molecule has 37 heavy (non-hydrogen) atoms. The van der Waals surface area contributed by atoms with Gasteiger partial charge in [-0.1, -0.05) is 23.2 Å². The number of amides is 2. The maximum atomic E-state index is 13.1. The number of nitriles is 1. The SMILES string of the molecule is CCOc1cc(/C=C(\C#N)C(=O)Nc2ccc(F)cc2)cc(I)c1OCC(=O)Nc1ccc(Cl)c(Cl)c1. The molecule has 2 amide bonds. The topological polar surface area (TPSA) is 100 Å². The van der Waals surface area contributed by atoms with Crippen LogP contribution < -0.4 is 20.1 Å². The standard InChI is InChI=1S/C26H19Cl2FIN3O4/c1-2-36-23-11-15(9-16(13-31)26(35)33-18-5-3-17(29)4-6-18)10-22(30)25(23)37-14-24(34)32-19-7-8-20(27)21(28)12-19/h3-12H,2,14H2,1H3,(H,32,34)(H,33,35)/b16-9+. The van der Waals surface area contributed by atoms with Crippen molar-refractivity contribution in [3.05, 3.63) is 85.2 Å². The summed E-state index contributed by atoms with van der Waals surface area (Å²) in [5.41, 5.74) is 1.15. The largest absolute Gasteiger partial charge is 0.490 e. The number of carbonyl (C=O) groups is 2. The van der Waals surface area contributed by atoms with Crippen LogP contribution in [0.4, 0.5) is 15.8 Å². The minimum atomic E-state index is -0.652. The van der Waals surface area contributed by atoms with E-state index in [-0.39, 0.29) is 12.2 Å². The van der Waals surface area contributed by atoms with Gasteiger partial charge in [0, 0.05) is 11.4 Å². The first-order valence-electron chi connectivity index (χ1n) is 10.7. The molecule has 0 spiro atoms. The fraction of sp³-hybridized carbons (Fsp3) is 0.115. The summed E-state index contributed by atoms with van der Waals surface area (Å²) in [5.74, 6) is -0.857. The van der Waals surface area contributed by atoms with Gasteiger partial charge in [-0.2, -0.15) is 5.26 Å². The molecule has 0 atom stereocenters. The summed E-state index contributed by atoms with van der Waals surface area (Å²) in [7, 11) is 0. The van der Waals surface area contributed by atoms with Gasteiger partial charge in [0.2, 0.25) is 0 Å². The van der Waals surface area contributed by atoms with E-state index in [2.05, 4.69) is 10.6 Å². The molecule has 0 aliphatic heterocycles. The van der Waals surface area contributed by atoms with Gasteiger partial charge in [0.25, 0.3) is 11.8 Å². The van der Waals surface area contributed by atoms with Gasteiger partial charge in [-0.25, -0.2) is 4.39 Å². The lowest BCUT2D eigenvalue weighted by molar-refractivity contribution is -0.118. The molecule has 0 saturated heterocycles. The van der Waals surface area contributed by atoms with Crippen LogP contribution in [0.1, 0.15) is 12.5 Å². The van der Waals surface area contributed by atoms with Gasteiger partial charge in [-0.3, -0.25) is 9.59 Å². The van der Waals surface area contributed by atoms with Crippen LogP contribution in [0.2, 0.25) is 10.0 Å². The zero-order valence-electron chi connectivity index (χ0n) is 19.3. The van der Waals surface area contributed by atoms with Gasteiger partial charge in [0.05, 0.1) is 20.2 Å². The van der Waals surface area contributed by atoms with E-state index in [1.165, 1.54) is 36.4 Å². The number of hydrogen-bond donors (Lipinski definition) is 2. The highest BCUT2D eigenvalue weighted by atomic mass is 127. The molecule has 0 aliphatic carbocycles. The van der Waals surface area contributed by atoms with Gasteiger partial charge in [0.1, 0.15) is 17.5 Å². The summed E-state index contributed by atoms with van der Waals surface area (Å²) >= 11 is 13.9. The van der Waals surface area contributed by atoms with Crippen LogP contribution in [0.15, 0.2) is 60.2 Å². The van der Waals surface area contributed by atoms with Crippen LogP contribution in [0.25, 0.3) is 6.08 Å². The van der Waals surface area contributed by atoms with Crippen LogP contribution in [0.5, 0.6) is 11.5 Å². The van der Waals surface area contributed by atoms with Gasteiger partial charge in [-0.15, -0.1) is 0 Å². The van der Waals surface area contributed by atoms with E-state index >= 15 is 0 Å². The molecule has 3 rings (SSSR count). The van der Waals surface area contributed by atoms with Crippen molar-refractivity contribution in [1.82, 2.24) is 0 Å². The third kappa shape index (κ3) is 8.08. The maximum Gasteiger partial charge on any atom is 0.266 e. The first-order chi connectivity index (χ1) is 17.7. The highest BCUT2D eigenvalue weighted by Gasteiger charge is 2.16. The second-order valence-electron chi connectivity index (χ2n) is 7.36. The van der Waals surface area contributed by atoms with E-state index in [4.69, 9.17) is 32.7 Å². The van der Waals surface area contributed by atoms with E-state index in [0.717, 1.165) is 0 Å². The number of nitrogens with zero attached hydrogens (tertiary/aromatic N) is 1. The third-order valence-electron chi connectivity index (χ3n) is 4.66. The number of anilines is 2. The Kier molecular flexibility index (Phi) is 10.1. The minimum absolute atomic E-state index is 0.169. The van der Waals surface area contributed by atoms with Crippen molar-refractivity contribution in [3.8, 4) is 17.6 Å². The summed E-state index contributed by atoms with van der Waals surface area (Å²) in [5, 5.41) is 15.4. The second kappa shape index (κ2) is 13.3. The quantitative estimate of drug-likeness (QED) is 0.152. The number of hydrogen-bond acceptors (Lipinski definition) is 5. The molecule has 0 unspecified atom stereocenters. The fourth-order valence-electron chi connectivity index (χ4n) is 3.03. The van der Waals surface area contributed by atoms with E-state index in [0.29, 0.717) is 48.7 Å². The van der Waals surface area contributed by atoms with Crippen molar-refractivity contribution in [2.45, 2.75) is 6.92 Å². The molecule has 3 aromatic carbocycles. The van der Waals surface area contributed by atoms with Crippen molar-refractivity contribution in [1.29, 1.82) is 5.26 Å². The van der Waals surface area contributed by atoms with Crippen molar-refractivity contribution in [2.75, 3.05) is 23.8 Å². The molecule has 0 radical (unpaired) electrons. The molecule has 0 bridgehead atoms. The Hall–Kier alpha value is -3.33. The zero-order chi connectivity index (χ0) is 26.9. The molecule has 7 nitrogen and oxygen atoms in total. The Morgan fingerprint density at radius 1 is 1.03 bits per heavy atom. The molecular weight excluding hydrogens is 635 g/mol. The summed E-state index contributed by atoms with van der Waals surface area (Å²) in [6.07, 6.45) is 1.39. The molecule has 190 valence electrons. The zero-order valence-corrected chi connectivity index (χ0v) is 22.9. The van der Waals surface area contributed by atoms with Crippen LogP contribution in [-0.4, -0.2) is 25.0 Å². The molecule has 0 aromatic heterocycles. The van der Waals surface area contributed by atoms with Crippen LogP contribution >= 0.6 is 45.8 Å². The van der Waals surface area contributed by atoms with E-state index in [9.17, 15) is 19.2 Å². The fourth-order valence-corrected chi connectivity index (χ4v) is 4.11. The average molecular weight is 654 g/mol. The van der Waals surface area contributed by atoms with Gasteiger partial charge in [-0.05, 0) is 95.8 Å². The van der Waals surface area contributed by atoms with Crippen LogP contribution in [0, 0.1) is 20.7 Å². The summed E-state index contributed by atoms with van der Waals surface area (Å²) in [6, 6.07) is 15.0. The lowest BCUT2D eigenvalue weighted by Crippen LogP contribution is -2.20. The Labute approximate surface area is 236 Å². The molecule has 0 aliphatic rings. The minimum Gasteiger partial charge on any atom is -0.490 e. The van der Waals surface area contributed by atoms with E-state index < -0.39 is 17.6 Å². The van der Waals surface area contributed by atoms with Gasteiger partial charge in [0.15, 0.2) is 18.1 Å². The van der Waals surface area contributed by atoms with Crippen LogP contribution in [-0.2, 0) is 9.59 Å².